The van der Waals surface area contributed by atoms with Crippen LogP contribution in [0, 0.1) is 18.8 Å². The summed E-state index contributed by atoms with van der Waals surface area (Å²) in [7, 11) is -3.30. The van der Waals surface area contributed by atoms with Gasteiger partial charge in [-0.2, -0.15) is 4.98 Å². The topological polar surface area (TPSA) is 117 Å². The van der Waals surface area contributed by atoms with Crippen molar-refractivity contribution in [1.82, 2.24) is 25.1 Å². The van der Waals surface area contributed by atoms with Gasteiger partial charge >= 0.3 is 6.03 Å². The van der Waals surface area contributed by atoms with Crippen molar-refractivity contribution in [2.75, 3.05) is 25.4 Å². The van der Waals surface area contributed by atoms with Gasteiger partial charge in [0.2, 0.25) is 15.9 Å². The number of amides is 2. The summed E-state index contributed by atoms with van der Waals surface area (Å²) in [5, 5.41) is 6.91. The molecule has 0 radical (unpaired) electrons. The highest BCUT2D eigenvalue weighted by Gasteiger charge is 2.58. The Labute approximate surface area is 166 Å². The smallest absolute Gasteiger partial charge is 0.317 e. The Morgan fingerprint density at radius 2 is 2.18 bits per heavy atom. The summed E-state index contributed by atoms with van der Waals surface area (Å²) >= 11 is 0. The fourth-order valence-electron chi connectivity index (χ4n) is 4.36. The Balaban J connectivity index is 1.75. The lowest BCUT2D eigenvalue weighted by Crippen LogP contribution is -2.43. The number of sulfonamides is 1. The number of likely N-dealkylation sites (tertiary alicyclic amines) is 1. The van der Waals surface area contributed by atoms with Gasteiger partial charge in [-0.15, -0.1) is 0 Å². The molecule has 1 saturated carbocycles. The molecule has 1 aliphatic heterocycles. The van der Waals surface area contributed by atoms with Crippen molar-refractivity contribution in [2.45, 2.75) is 58.4 Å². The minimum Gasteiger partial charge on any atom is -0.339 e. The maximum absolute atomic E-state index is 12.6. The van der Waals surface area contributed by atoms with E-state index in [0.717, 1.165) is 6.42 Å². The number of hydrogen-bond acceptors (Lipinski definition) is 6. The number of carbonyl (C=O) groups excluding carboxylic acids is 1. The highest BCUT2D eigenvalue weighted by Crippen LogP contribution is 2.50. The second-order valence-corrected chi connectivity index (χ2v) is 10.5. The molecule has 158 valence electrons. The van der Waals surface area contributed by atoms with Gasteiger partial charge in [-0.25, -0.2) is 17.9 Å². The number of aryl methyl sites for hydroxylation is 1. The first-order chi connectivity index (χ1) is 13.1. The summed E-state index contributed by atoms with van der Waals surface area (Å²) in [5.41, 5.74) is -0.502. The Hall–Kier alpha value is -1.68. The number of carbonyl (C=O) groups is 1. The SMILES string of the molecule is CCS(=O)(=O)N[C@@H]1C[C@H]2CN(C(=O)NCCC(C)C)C[C@@]2(c2nc(C)no2)C1. The lowest BCUT2D eigenvalue weighted by Gasteiger charge is -2.25. The van der Waals surface area contributed by atoms with Gasteiger partial charge in [0.1, 0.15) is 0 Å². The van der Waals surface area contributed by atoms with Crippen LogP contribution in [0.5, 0.6) is 0 Å². The van der Waals surface area contributed by atoms with E-state index >= 15 is 0 Å². The van der Waals surface area contributed by atoms with Crippen LogP contribution in [-0.4, -0.2) is 60.9 Å². The maximum Gasteiger partial charge on any atom is 0.317 e. The monoisotopic (exact) mass is 413 g/mol. The highest BCUT2D eigenvalue weighted by molar-refractivity contribution is 7.89. The third-order valence-electron chi connectivity index (χ3n) is 5.84. The summed E-state index contributed by atoms with van der Waals surface area (Å²) < 4.78 is 32.3. The first-order valence-corrected chi connectivity index (χ1v) is 11.6. The van der Waals surface area contributed by atoms with Crippen molar-refractivity contribution in [3.05, 3.63) is 11.7 Å². The molecular weight excluding hydrogens is 382 g/mol. The van der Waals surface area contributed by atoms with E-state index in [2.05, 4.69) is 34.0 Å². The largest absolute Gasteiger partial charge is 0.339 e. The van der Waals surface area contributed by atoms with Crippen LogP contribution in [0.25, 0.3) is 0 Å². The second-order valence-electron chi connectivity index (χ2n) is 8.45. The second kappa shape index (κ2) is 7.98. The zero-order valence-corrected chi connectivity index (χ0v) is 17.9. The van der Waals surface area contributed by atoms with Gasteiger partial charge in [-0.1, -0.05) is 19.0 Å². The van der Waals surface area contributed by atoms with E-state index in [-0.39, 0.29) is 23.7 Å². The van der Waals surface area contributed by atoms with Crippen molar-refractivity contribution in [2.24, 2.45) is 11.8 Å². The molecule has 0 bridgehead atoms. The predicted molar refractivity (Wildman–Crippen MR) is 104 cm³/mol. The Kier molecular flexibility index (Phi) is 6.00. The number of nitrogens with one attached hydrogen (secondary N) is 2. The number of aromatic nitrogens is 2. The average Bonchev–Trinajstić information content (AvgIpc) is 3.26. The molecule has 1 aromatic heterocycles. The normalized spacial score (nSPS) is 27.4. The fourth-order valence-corrected chi connectivity index (χ4v) is 5.22. The van der Waals surface area contributed by atoms with Crippen LogP contribution in [0.15, 0.2) is 4.52 Å². The van der Waals surface area contributed by atoms with Gasteiger partial charge in [-0.05, 0) is 44.9 Å². The Bertz CT molecular complexity index is 809. The summed E-state index contributed by atoms with van der Waals surface area (Å²) in [6.07, 6.45) is 2.13. The molecule has 2 fully saturated rings. The lowest BCUT2D eigenvalue weighted by atomic mass is 9.80. The van der Waals surface area contributed by atoms with Gasteiger partial charge in [0.15, 0.2) is 5.82 Å². The van der Waals surface area contributed by atoms with E-state index in [4.69, 9.17) is 4.52 Å². The van der Waals surface area contributed by atoms with Crippen molar-refractivity contribution >= 4 is 16.1 Å². The molecule has 2 N–H and O–H groups in total. The van der Waals surface area contributed by atoms with Crippen LogP contribution in [0.3, 0.4) is 0 Å². The summed E-state index contributed by atoms with van der Waals surface area (Å²) in [4.78, 5) is 18.9. The summed E-state index contributed by atoms with van der Waals surface area (Å²) in [6.45, 7) is 9.28. The van der Waals surface area contributed by atoms with Gasteiger partial charge in [0.25, 0.3) is 0 Å². The van der Waals surface area contributed by atoms with Crippen LogP contribution in [0.1, 0.15) is 51.7 Å². The molecule has 3 atom stereocenters. The van der Waals surface area contributed by atoms with Crippen LogP contribution < -0.4 is 10.0 Å². The van der Waals surface area contributed by atoms with Crippen LogP contribution in [0.2, 0.25) is 0 Å². The molecule has 2 amide bonds. The Morgan fingerprint density at radius 3 is 2.79 bits per heavy atom. The molecule has 2 heterocycles. The van der Waals surface area contributed by atoms with Crippen molar-refractivity contribution < 1.29 is 17.7 Å². The van der Waals surface area contributed by atoms with Gasteiger partial charge in [-0.3, -0.25) is 0 Å². The van der Waals surface area contributed by atoms with E-state index in [9.17, 15) is 13.2 Å². The van der Waals surface area contributed by atoms with E-state index in [1.54, 1.807) is 18.7 Å². The predicted octanol–water partition coefficient (Wildman–Crippen LogP) is 1.41. The molecule has 0 spiro atoms. The molecule has 3 rings (SSSR count). The van der Waals surface area contributed by atoms with Gasteiger partial charge < -0.3 is 14.7 Å². The number of fused-ring (bicyclic) bond motifs is 1. The van der Waals surface area contributed by atoms with Gasteiger partial charge in [0.05, 0.1) is 11.2 Å². The number of rotatable bonds is 7. The van der Waals surface area contributed by atoms with Crippen LogP contribution in [-0.2, 0) is 15.4 Å². The fraction of sp³-hybridized carbons (Fsp3) is 0.833. The molecule has 2 aliphatic rings. The molecule has 0 unspecified atom stereocenters. The summed E-state index contributed by atoms with van der Waals surface area (Å²) in [5.74, 6) is 1.70. The molecule has 1 saturated heterocycles. The lowest BCUT2D eigenvalue weighted by molar-refractivity contribution is 0.199. The van der Waals surface area contributed by atoms with Gasteiger partial charge in [0, 0.05) is 25.7 Å². The van der Waals surface area contributed by atoms with E-state index < -0.39 is 15.4 Å². The third kappa shape index (κ3) is 4.32. The number of urea groups is 1. The van der Waals surface area contributed by atoms with E-state index in [0.29, 0.717) is 50.1 Å². The van der Waals surface area contributed by atoms with Crippen molar-refractivity contribution in [3.8, 4) is 0 Å². The molecule has 1 aromatic rings. The first-order valence-electron chi connectivity index (χ1n) is 9.98. The number of hydrogen-bond donors (Lipinski definition) is 2. The third-order valence-corrected chi connectivity index (χ3v) is 7.29. The molecule has 28 heavy (non-hydrogen) atoms. The van der Waals surface area contributed by atoms with E-state index in [1.807, 2.05) is 0 Å². The highest BCUT2D eigenvalue weighted by atomic mass is 32.2. The molecule has 10 heteroatoms. The van der Waals surface area contributed by atoms with Crippen molar-refractivity contribution in [3.63, 3.8) is 0 Å². The molecule has 0 aromatic carbocycles. The standard InChI is InChI=1S/C18H31N5O4S/c1-5-28(25,26)22-15-8-14-10-23(17(24)19-7-6-12(2)3)11-18(14,9-15)16-20-13(4)21-27-16/h12,14-15,22H,5-11H2,1-4H3,(H,19,24)/t14-,15+,18-/m0/s1. The zero-order chi connectivity index (χ0) is 20.5. The van der Waals surface area contributed by atoms with Crippen LogP contribution >= 0.6 is 0 Å². The Morgan fingerprint density at radius 1 is 1.43 bits per heavy atom. The van der Waals surface area contributed by atoms with E-state index in [1.165, 1.54) is 0 Å². The average molecular weight is 414 g/mol. The van der Waals surface area contributed by atoms with Crippen molar-refractivity contribution in [1.29, 1.82) is 0 Å². The number of nitrogens with zero attached hydrogens (tertiary/aromatic N) is 3. The zero-order valence-electron chi connectivity index (χ0n) is 17.1. The van der Waals surface area contributed by atoms with Crippen LogP contribution in [0.4, 0.5) is 4.79 Å². The minimum absolute atomic E-state index is 0.0468. The molecule has 9 nitrogen and oxygen atoms in total. The maximum atomic E-state index is 12.6. The first kappa shape index (κ1) is 21.0. The molecule has 1 aliphatic carbocycles. The minimum atomic E-state index is -3.30. The quantitative estimate of drug-likeness (QED) is 0.698. The molecular formula is C18H31N5O4S. The summed E-state index contributed by atoms with van der Waals surface area (Å²) in [6, 6.07) is -0.273.